The van der Waals surface area contributed by atoms with Crippen molar-refractivity contribution < 1.29 is 33.0 Å². The standard InChI is InChI=1S/C16H14FNO6S/c1-8(19)22-9(2)23-15(21)14-16(25-13-7-12(20)18(13)14)24-11-5-3-10(17)4-6-11/h3-6,9,13H,7H2,1-2H3/t9-,13+/m1/s1. The van der Waals surface area contributed by atoms with Crippen LogP contribution in [0.3, 0.4) is 0 Å². The van der Waals surface area contributed by atoms with Crippen molar-refractivity contribution >= 4 is 29.6 Å². The van der Waals surface area contributed by atoms with Crippen LogP contribution >= 0.6 is 11.8 Å². The van der Waals surface area contributed by atoms with Crippen LogP contribution in [0, 0.1) is 5.82 Å². The monoisotopic (exact) mass is 367 g/mol. The number of halogens is 1. The van der Waals surface area contributed by atoms with E-state index >= 15 is 0 Å². The summed E-state index contributed by atoms with van der Waals surface area (Å²) in [6, 6.07) is 5.25. The number of amides is 1. The van der Waals surface area contributed by atoms with Gasteiger partial charge in [0, 0.05) is 13.8 Å². The molecule has 1 amide bonds. The smallest absolute Gasteiger partial charge is 0.362 e. The molecule has 2 atom stereocenters. The Hall–Kier alpha value is -2.55. The maximum atomic E-state index is 13.0. The maximum Gasteiger partial charge on any atom is 0.362 e. The van der Waals surface area contributed by atoms with E-state index in [4.69, 9.17) is 14.2 Å². The van der Waals surface area contributed by atoms with E-state index < -0.39 is 24.0 Å². The molecule has 1 aromatic rings. The van der Waals surface area contributed by atoms with E-state index in [1.165, 1.54) is 54.8 Å². The Bertz CT molecular complexity index is 762. The van der Waals surface area contributed by atoms with Gasteiger partial charge in [0.05, 0.1) is 11.8 Å². The first-order valence-electron chi connectivity index (χ1n) is 7.40. The fourth-order valence-electron chi connectivity index (χ4n) is 2.36. The molecule has 0 radical (unpaired) electrons. The van der Waals surface area contributed by atoms with Gasteiger partial charge in [0.1, 0.15) is 11.6 Å². The molecule has 1 saturated heterocycles. The highest BCUT2D eigenvalue weighted by molar-refractivity contribution is 8.03. The van der Waals surface area contributed by atoms with Crippen molar-refractivity contribution in [3.8, 4) is 5.75 Å². The third kappa shape index (κ3) is 3.60. The number of β-lactam (4-membered cyclic amide) rings is 1. The Morgan fingerprint density at radius 1 is 1.28 bits per heavy atom. The summed E-state index contributed by atoms with van der Waals surface area (Å²) in [4.78, 5) is 36.4. The Kier molecular flexibility index (Phi) is 4.67. The van der Waals surface area contributed by atoms with Gasteiger partial charge in [-0.2, -0.15) is 0 Å². The number of esters is 2. The average molecular weight is 367 g/mol. The zero-order valence-electron chi connectivity index (χ0n) is 13.4. The van der Waals surface area contributed by atoms with Gasteiger partial charge < -0.3 is 14.2 Å². The molecule has 0 saturated carbocycles. The van der Waals surface area contributed by atoms with E-state index in [9.17, 15) is 18.8 Å². The van der Waals surface area contributed by atoms with Gasteiger partial charge in [-0.25, -0.2) is 9.18 Å². The molecule has 25 heavy (non-hydrogen) atoms. The second-order valence-corrected chi connectivity index (χ2v) is 6.47. The molecule has 9 heteroatoms. The fourth-order valence-corrected chi connectivity index (χ4v) is 3.60. The zero-order chi connectivity index (χ0) is 18.1. The Morgan fingerprint density at radius 2 is 1.96 bits per heavy atom. The van der Waals surface area contributed by atoms with Crippen molar-refractivity contribution in [2.45, 2.75) is 31.9 Å². The van der Waals surface area contributed by atoms with Crippen LogP contribution in [0.1, 0.15) is 20.3 Å². The molecule has 2 heterocycles. The van der Waals surface area contributed by atoms with Gasteiger partial charge in [-0.05, 0) is 24.3 Å². The Balaban J connectivity index is 1.81. The highest BCUT2D eigenvalue weighted by Crippen LogP contribution is 2.47. The third-order valence-corrected chi connectivity index (χ3v) is 4.55. The Labute approximate surface area is 146 Å². The quantitative estimate of drug-likeness (QED) is 0.448. The summed E-state index contributed by atoms with van der Waals surface area (Å²) < 4.78 is 28.4. The van der Waals surface area contributed by atoms with E-state index in [1.54, 1.807) is 0 Å². The van der Waals surface area contributed by atoms with E-state index in [0.29, 0.717) is 5.75 Å². The normalized spacial score (nSPS) is 19.9. The van der Waals surface area contributed by atoms with Crippen LogP contribution < -0.4 is 4.74 Å². The van der Waals surface area contributed by atoms with Crippen molar-refractivity contribution in [3.63, 3.8) is 0 Å². The van der Waals surface area contributed by atoms with Crippen LogP contribution in [0.25, 0.3) is 0 Å². The number of ether oxygens (including phenoxy) is 3. The van der Waals surface area contributed by atoms with E-state index in [2.05, 4.69) is 0 Å². The van der Waals surface area contributed by atoms with Gasteiger partial charge in [-0.1, -0.05) is 11.8 Å². The minimum Gasteiger partial charge on any atom is -0.448 e. The van der Waals surface area contributed by atoms with Crippen molar-refractivity contribution in [1.29, 1.82) is 0 Å². The van der Waals surface area contributed by atoms with Gasteiger partial charge in [-0.3, -0.25) is 14.5 Å². The molecular weight excluding hydrogens is 353 g/mol. The fraction of sp³-hybridized carbons (Fsp3) is 0.312. The number of hydrogen-bond donors (Lipinski definition) is 0. The van der Waals surface area contributed by atoms with Gasteiger partial charge in [0.25, 0.3) is 0 Å². The maximum absolute atomic E-state index is 13.0. The summed E-state index contributed by atoms with van der Waals surface area (Å²) in [6.45, 7) is 2.57. The first kappa shape index (κ1) is 17.3. The number of carbonyl (C=O) groups is 3. The number of nitrogens with zero attached hydrogens (tertiary/aromatic N) is 1. The number of hydrogen-bond acceptors (Lipinski definition) is 7. The van der Waals surface area contributed by atoms with E-state index in [0.717, 1.165) is 0 Å². The minimum atomic E-state index is -1.11. The molecule has 1 aromatic carbocycles. The lowest BCUT2D eigenvalue weighted by atomic mass is 10.2. The van der Waals surface area contributed by atoms with Crippen LogP contribution in [0.2, 0.25) is 0 Å². The number of fused-ring (bicyclic) bond motifs is 1. The molecule has 2 aliphatic rings. The molecule has 1 fully saturated rings. The summed E-state index contributed by atoms with van der Waals surface area (Å²) in [7, 11) is 0. The summed E-state index contributed by atoms with van der Waals surface area (Å²) in [5.74, 6) is -1.78. The van der Waals surface area contributed by atoms with Gasteiger partial charge in [0.15, 0.2) is 10.8 Å². The second-order valence-electron chi connectivity index (χ2n) is 5.31. The largest absolute Gasteiger partial charge is 0.448 e. The van der Waals surface area contributed by atoms with Crippen molar-refractivity contribution in [1.82, 2.24) is 4.90 Å². The lowest BCUT2D eigenvalue weighted by molar-refractivity contribution is -0.182. The molecule has 0 bridgehead atoms. The molecule has 132 valence electrons. The Morgan fingerprint density at radius 3 is 2.56 bits per heavy atom. The highest BCUT2D eigenvalue weighted by atomic mass is 32.2. The zero-order valence-corrected chi connectivity index (χ0v) is 14.2. The predicted molar refractivity (Wildman–Crippen MR) is 84.2 cm³/mol. The SMILES string of the molecule is CC(=O)O[C@@H](C)OC(=O)C1=C(Oc2ccc(F)cc2)S[C@H]2CC(=O)N12. The number of carbonyl (C=O) groups excluding carboxylic acids is 3. The third-order valence-electron chi connectivity index (χ3n) is 3.41. The van der Waals surface area contributed by atoms with E-state index in [1.807, 2.05) is 0 Å². The average Bonchev–Trinajstić information content (AvgIpc) is 2.81. The predicted octanol–water partition coefficient (Wildman–Crippen LogP) is 2.13. The lowest BCUT2D eigenvalue weighted by Crippen LogP contribution is -2.49. The van der Waals surface area contributed by atoms with Crippen LogP contribution in [0.4, 0.5) is 4.39 Å². The van der Waals surface area contributed by atoms with Crippen LogP contribution in [-0.4, -0.2) is 34.4 Å². The first-order chi connectivity index (χ1) is 11.8. The lowest BCUT2D eigenvalue weighted by Gasteiger charge is -2.33. The molecule has 0 spiro atoms. The summed E-state index contributed by atoms with van der Waals surface area (Å²) in [5, 5.41) is -0.0583. The molecular formula is C16H14FNO6S. The number of benzene rings is 1. The molecule has 0 N–H and O–H groups in total. The highest BCUT2D eigenvalue weighted by Gasteiger charge is 2.50. The molecule has 0 aromatic heterocycles. The van der Waals surface area contributed by atoms with Crippen molar-refractivity contribution in [3.05, 3.63) is 40.9 Å². The summed E-state index contributed by atoms with van der Waals surface area (Å²) in [6.07, 6.45) is -0.831. The number of rotatable bonds is 5. The topological polar surface area (TPSA) is 82.1 Å². The van der Waals surface area contributed by atoms with Gasteiger partial charge in [-0.15, -0.1) is 0 Å². The van der Waals surface area contributed by atoms with E-state index in [-0.39, 0.29) is 28.5 Å². The number of thioether (sulfide) groups is 1. The molecule has 7 nitrogen and oxygen atoms in total. The van der Waals surface area contributed by atoms with Gasteiger partial charge >= 0.3 is 11.9 Å². The summed E-state index contributed by atoms with van der Waals surface area (Å²) in [5.41, 5.74) is -0.0467. The van der Waals surface area contributed by atoms with Crippen molar-refractivity contribution in [2.24, 2.45) is 0 Å². The first-order valence-corrected chi connectivity index (χ1v) is 8.27. The van der Waals surface area contributed by atoms with Crippen molar-refractivity contribution in [2.75, 3.05) is 0 Å². The molecule has 0 aliphatic carbocycles. The summed E-state index contributed by atoms with van der Waals surface area (Å²) >= 11 is 1.20. The van der Waals surface area contributed by atoms with Crippen LogP contribution in [0.15, 0.2) is 35.1 Å². The minimum absolute atomic E-state index is 0.0467. The molecule has 2 aliphatic heterocycles. The van der Waals surface area contributed by atoms with Crippen LogP contribution in [0.5, 0.6) is 5.75 Å². The second kappa shape index (κ2) is 6.75. The van der Waals surface area contributed by atoms with Crippen LogP contribution in [-0.2, 0) is 23.9 Å². The molecule has 0 unspecified atom stereocenters. The van der Waals surface area contributed by atoms with Gasteiger partial charge in [0.2, 0.25) is 12.2 Å². The molecule has 3 rings (SSSR count).